The molecule has 0 amide bonds. The van der Waals surface area contributed by atoms with Crippen molar-refractivity contribution in [2.45, 2.75) is 37.8 Å². The van der Waals surface area contributed by atoms with Crippen LogP contribution < -0.4 is 0 Å². The average Bonchev–Trinajstić information content (AvgIpc) is 3.03. The fourth-order valence-electron chi connectivity index (χ4n) is 4.46. The topological polar surface area (TPSA) is 20.3 Å². The third kappa shape index (κ3) is 2.72. The minimum absolute atomic E-state index is 0.262. The second-order valence-electron chi connectivity index (χ2n) is 6.78. The van der Waals surface area contributed by atoms with E-state index in [0.717, 1.165) is 32.2 Å². The third-order valence-corrected chi connectivity index (χ3v) is 5.49. The molecule has 1 unspecified atom stereocenters. The summed E-state index contributed by atoms with van der Waals surface area (Å²) in [5.74, 6) is 0.752. The fraction of sp³-hybridized carbons (Fsp3) is 0.381. The van der Waals surface area contributed by atoms with Gasteiger partial charge in [0.05, 0.1) is 6.04 Å². The predicted molar refractivity (Wildman–Crippen MR) is 92.2 cm³/mol. The Balaban J connectivity index is 1.73. The van der Waals surface area contributed by atoms with E-state index in [2.05, 4.69) is 65.6 Å². The van der Waals surface area contributed by atoms with Gasteiger partial charge in [0.2, 0.25) is 0 Å². The lowest BCUT2D eigenvalue weighted by Crippen LogP contribution is -2.40. The van der Waals surface area contributed by atoms with Crippen molar-refractivity contribution in [3.63, 3.8) is 0 Å². The molecule has 2 atom stereocenters. The van der Waals surface area contributed by atoms with Crippen molar-refractivity contribution < 1.29 is 4.79 Å². The van der Waals surface area contributed by atoms with Crippen LogP contribution in [0, 0.1) is 5.92 Å². The Kier molecular flexibility index (Phi) is 4.00. The van der Waals surface area contributed by atoms with E-state index in [9.17, 15) is 4.79 Å². The van der Waals surface area contributed by atoms with Gasteiger partial charge in [-0.1, -0.05) is 60.7 Å². The molecule has 2 fully saturated rings. The van der Waals surface area contributed by atoms with Gasteiger partial charge in [0.1, 0.15) is 5.78 Å². The van der Waals surface area contributed by atoms with Crippen molar-refractivity contribution in [3.8, 4) is 0 Å². The van der Waals surface area contributed by atoms with Crippen LogP contribution in [0.1, 0.15) is 42.9 Å². The second-order valence-corrected chi connectivity index (χ2v) is 6.78. The second kappa shape index (κ2) is 6.29. The molecule has 1 aliphatic carbocycles. The van der Waals surface area contributed by atoms with Crippen LogP contribution in [-0.2, 0) is 4.79 Å². The van der Waals surface area contributed by atoms with Gasteiger partial charge in [0.25, 0.3) is 0 Å². The molecule has 1 heterocycles. The van der Waals surface area contributed by atoms with Gasteiger partial charge in [-0.15, -0.1) is 0 Å². The highest BCUT2D eigenvalue weighted by Crippen LogP contribution is 2.41. The molecule has 2 aliphatic rings. The number of rotatable bonds is 3. The van der Waals surface area contributed by atoms with E-state index in [0.29, 0.717) is 11.8 Å². The molecule has 0 spiro atoms. The summed E-state index contributed by atoms with van der Waals surface area (Å²) >= 11 is 0. The first kappa shape index (κ1) is 14.6. The summed E-state index contributed by atoms with van der Waals surface area (Å²) in [6.45, 7) is 1.02. The largest absolute Gasteiger partial charge is 0.299 e. The number of hydrogen-bond acceptors (Lipinski definition) is 2. The number of Topliss-reactive ketones (excluding diaryl/α,β-unsaturated/α-hetero) is 1. The van der Waals surface area contributed by atoms with Gasteiger partial charge in [-0.05, 0) is 30.4 Å². The van der Waals surface area contributed by atoms with Gasteiger partial charge in [-0.25, -0.2) is 0 Å². The minimum Gasteiger partial charge on any atom is -0.299 e. The molecule has 4 rings (SSSR count). The first-order valence-corrected chi connectivity index (χ1v) is 8.73. The number of hydrogen-bond donors (Lipinski definition) is 0. The summed E-state index contributed by atoms with van der Waals surface area (Å²) in [5.41, 5.74) is 2.66. The highest BCUT2D eigenvalue weighted by molar-refractivity contribution is 5.82. The molecule has 118 valence electrons. The van der Waals surface area contributed by atoms with Gasteiger partial charge in [-0.2, -0.15) is 0 Å². The van der Waals surface area contributed by atoms with Crippen molar-refractivity contribution in [1.82, 2.24) is 4.90 Å². The van der Waals surface area contributed by atoms with Crippen molar-refractivity contribution >= 4 is 5.78 Å². The Labute approximate surface area is 138 Å². The summed E-state index contributed by atoms with van der Waals surface area (Å²) in [7, 11) is 0. The molecule has 2 aromatic rings. The van der Waals surface area contributed by atoms with Crippen molar-refractivity contribution in [2.24, 2.45) is 5.92 Å². The van der Waals surface area contributed by atoms with Crippen molar-refractivity contribution in [3.05, 3.63) is 71.8 Å². The molecule has 0 aromatic heterocycles. The van der Waals surface area contributed by atoms with Gasteiger partial charge >= 0.3 is 0 Å². The molecule has 0 N–H and O–H groups in total. The van der Waals surface area contributed by atoms with Gasteiger partial charge in [0.15, 0.2) is 0 Å². The maximum absolute atomic E-state index is 12.3. The Morgan fingerprint density at radius 1 is 0.870 bits per heavy atom. The van der Waals surface area contributed by atoms with E-state index in [1.807, 2.05) is 0 Å². The van der Waals surface area contributed by atoms with Gasteiger partial charge in [0, 0.05) is 24.9 Å². The number of carbonyl (C=O) groups excluding carboxylic acids is 1. The smallest absolute Gasteiger partial charge is 0.137 e. The third-order valence-electron chi connectivity index (χ3n) is 5.49. The summed E-state index contributed by atoms with van der Waals surface area (Å²) in [5, 5.41) is 0. The first-order valence-electron chi connectivity index (χ1n) is 8.73. The molecular weight excluding hydrogens is 282 g/mol. The van der Waals surface area contributed by atoms with Crippen LogP contribution in [0.15, 0.2) is 60.7 Å². The number of fused-ring (bicyclic) bond motifs is 1. The molecule has 23 heavy (non-hydrogen) atoms. The van der Waals surface area contributed by atoms with Crippen LogP contribution in [0.25, 0.3) is 0 Å². The molecule has 2 aromatic carbocycles. The van der Waals surface area contributed by atoms with E-state index < -0.39 is 0 Å². The maximum Gasteiger partial charge on any atom is 0.137 e. The van der Waals surface area contributed by atoms with Crippen LogP contribution in [0.3, 0.4) is 0 Å². The highest BCUT2D eigenvalue weighted by Gasteiger charge is 2.43. The number of ketones is 1. The van der Waals surface area contributed by atoms with Crippen LogP contribution in [-0.4, -0.2) is 23.3 Å². The summed E-state index contributed by atoms with van der Waals surface area (Å²) < 4.78 is 0. The molecule has 2 heteroatoms. The zero-order chi connectivity index (χ0) is 15.6. The molecule has 0 bridgehead atoms. The molecule has 1 saturated heterocycles. The Morgan fingerprint density at radius 2 is 1.48 bits per heavy atom. The number of nitrogens with zero attached hydrogens (tertiary/aromatic N) is 1. The monoisotopic (exact) mass is 305 g/mol. The zero-order valence-corrected chi connectivity index (χ0v) is 13.4. The molecule has 0 radical (unpaired) electrons. The summed E-state index contributed by atoms with van der Waals surface area (Å²) in [6, 6.07) is 22.2. The highest BCUT2D eigenvalue weighted by atomic mass is 16.1. The fourth-order valence-corrected chi connectivity index (χ4v) is 4.46. The lowest BCUT2D eigenvalue weighted by atomic mass is 9.83. The van der Waals surface area contributed by atoms with Crippen molar-refractivity contribution in [1.29, 1.82) is 0 Å². The Bertz CT molecular complexity index is 627. The van der Waals surface area contributed by atoms with E-state index in [1.54, 1.807) is 0 Å². The van der Waals surface area contributed by atoms with Crippen LogP contribution in [0.5, 0.6) is 0 Å². The summed E-state index contributed by atoms with van der Waals surface area (Å²) in [4.78, 5) is 14.9. The van der Waals surface area contributed by atoms with Crippen LogP contribution in [0.4, 0.5) is 0 Å². The van der Waals surface area contributed by atoms with Crippen LogP contribution in [0.2, 0.25) is 0 Å². The molecule has 1 aliphatic heterocycles. The van der Waals surface area contributed by atoms with Crippen LogP contribution >= 0.6 is 0 Å². The van der Waals surface area contributed by atoms with Gasteiger partial charge in [-0.3, -0.25) is 9.69 Å². The van der Waals surface area contributed by atoms with Gasteiger partial charge < -0.3 is 0 Å². The number of carbonyl (C=O) groups is 1. The number of likely N-dealkylation sites (tertiary alicyclic amines) is 1. The number of benzene rings is 2. The average molecular weight is 305 g/mol. The lowest BCUT2D eigenvalue weighted by Gasteiger charge is -2.37. The quantitative estimate of drug-likeness (QED) is 0.846. The molecule has 2 nitrogen and oxygen atoms in total. The molecular formula is C21H23NO. The maximum atomic E-state index is 12.3. The van der Waals surface area contributed by atoms with E-state index in [-0.39, 0.29) is 12.0 Å². The van der Waals surface area contributed by atoms with E-state index in [4.69, 9.17) is 0 Å². The Morgan fingerprint density at radius 3 is 2.09 bits per heavy atom. The minimum atomic E-state index is 0.262. The van der Waals surface area contributed by atoms with Crippen molar-refractivity contribution in [2.75, 3.05) is 6.54 Å². The zero-order valence-electron chi connectivity index (χ0n) is 13.4. The standard InChI is InChI=1S/C21H23NO/c23-20-13-7-12-19-18(20)14-15-22(19)21(16-8-3-1-4-9-16)17-10-5-2-6-11-17/h1-6,8-11,18-19,21H,7,12-15H2/t18-,19?/m1/s1. The lowest BCUT2D eigenvalue weighted by molar-refractivity contribution is -0.125. The van der Waals surface area contributed by atoms with E-state index in [1.165, 1.54) is 11.1 Å². The Hall–Kier alpha value is -1.93. The van der Waals surface area contributed by atoms with E-state index >= 15 is 0 Å². The first-order chi connectivity index (χ1) is 11.3. The summed E-state index contributed by atoms with van der Waals surface area (Å²) in [6.07, 6.45) is 4.02. The predicted octanol–water partition coefficient (Wildman–Crippen LogP) is 4.22. The normalized spacial score (nSPS) is 24.8. The molecule has 1 saturated carbocycles. The SMILES string of the molecule is O=C1CCCC2[C@H]1CCN2C(c1ccccc1)c1ccccc1.